The van der Waals surface area contributed by atoms with Gasteiger partial charge in [-0.1, -0.05) is 18.2 Å². The number of rotatable bonds is 5. The number of carbonyl (C=O) groups excluding carboxylic acids is 2. The van der Waals surface area contributed by atoms with E-state index in [2.05, 4.69) is 5.32 Å². The molecule has 2 aromatic rings. The van der Waals surface area contributed by atoms with E-state index in [0.29, 0.717) is 0 Å². The number of amides is 2. The van der Waals surface area contributed by atoms with Crippen LogP contribution in [0.2, 0.25) is 0 Å². The van der Waals surface area contributed by atoms with Crippen LogP contribution in [0, 0.1) is 17.1 Å². The normalized spacial score (nSPS) is 10.7. The van der Waals surface area contributed by atoms with E-state index in [1.165, 1.54) is 19.1 Å². The first kappa shape index (κ1) is 19.1. The second-order valence-corrected chi connectivity index (χ2v) is 7.06. The van der Waals surface area contributed by atoms with Gasteiger partial charge in [-0.05, 0) is 29.8 Å². The lowest BCUT2D eigenvalue weighted by Gasteiger charge is -2.10. The predicted molar refractivity (Wildman–Crippen MR) is 92.0 cm³/mol. The Labute approximate surface area is 149 Å². The Morgan fingerprint density at radius 3 is 2.54 bits per heavy atom. The minimum Gasteiger partial charge on any atom is -0.324 e. The number of nitrogens with zero attached hydrogens (tertiary/aromatic N) is 1. The van der Waals surface area contributed by atoms with E-state index >= 15 is 0 Å². The van der Waals surface area contributed by atoms with Gasteiger partial charge in [0.05, 0.1) is 23.1 Å². The Balaban J connectivity index is 2.21. The highest BCUT2D eigenvalue weighted by atomic mass is 32.2. The van der Waals surface area contributed by atoms with Gasteiger partial charge in [-0.15, -0.1) is 0 Å². The average molecular weight is 375 g/mol. The van der Waals surface area contributed by atoms with Crippen LogP contribution in [-0.4, -0.2) is 20.2 Å². The summed E-state index contributed by atoms with van der Waals surface area (Å²) in [6.07, 6.45) is 0. The second-order valence-electron chi connectivity index (χ2n) is 5.34. The highest BCUT2D eigenvalue weighted by molar-refractivity contribution is 7.89. The van der Waals surface area contributed by atoms with Crippen LogP contribution < -0.4 is 10.0 Å². The van der Waals surface area contributed by atoms with Crippen molar-refractivity contribution in [3.8, 4) is 6.07 Å². The van der Waals surface area contributed by atoms with Crippen molar-refractivity contribution in [2.75, 3.05) is 5.32 Å². The maximum Gasteiger partial charge on any atom is 0.264 e. The lowest BCUT2D eigenvalue weighted by Crippen LogP contribution is -2.32. The third kappa shape index (κ3) is 4.87. The number of carbonyl (C=O) groups is 2. The molecular weight excluding hydrogens is 361 g/mol. The quantitative estimate of drug-likeness (QED) is 0.828. The van der Waals surface area contributed by atoms with Gasteiger partial charge in [0.15, 0.2) is 0 Å². The number of anilines is 1. The zero-order valence-corrected chi connectivity index (χ0v) is 14.4. The van der Waals surface area contributed by atoms with Gasteiger partial charge in [0.2, 0.25) is 15.9 Å². The van der Waals surface area contributed by atoms with E-state index in [1.807, 2.05) is 10.8 Å². The van der Waals surface area contributed by atoms with Gasteiger partial charge in [0, 0.05) is 12.5 Å². The number of nitrogens with one attached hydrogen (secondary N) is 2. The highest BCUT2D eigenvalue weighted by Gasteiger charge is 2.19. The van der Waals surface area contributed by atoms with Crippen LogP contribution in [0.3, 0.4) is 0 Å². The molecule has 0 aliphatic rings. The summed E-state index contributed by atoms with van der Waals surface area (Å²) in [6.45, 7) is 1.17. The lowest BCUT2D eigenvalue weighted by atomic mass is 10.1. The van der Waals surface area contributed by atoms with Crippen LogP contribution in [0.15, 0.2) is 42.5 Å². The number of hydrogen-bond acceptors (Lipinski definition) is 5. The number of sulfonamides is 1. The Kier molecular flexibility index (Phi) is 5.69. The summed E-state index contributed by atoms with van der Waals surface area (Å²) in [5, 5.41) is 11.2. The van der Waals surface area contributed by atoms with Gasteiger partial charge < -0.3 is 5.32 Å². The third-order valence-corrected chi connectivity index (χ3v) is 4.46. The van der Waals surface area contributed by atoms with Crippen molar-refractivity contribution in [3.63, 3.8) is 0 Å². The van der Waals surface area contributed by atoms with Crippen LogP contribution in [0.1, 0.15) is 28.4 Å². The molecule has 0 bridgehead atoms. The fourth-order valence-electron chi connectivity index (χ4n) is 2.15. The third-order valence-electron chi connectivity index (χ3n) is 3.27. The van der Waals surface area contributed by atoms with E-state index in [9.17, 15) is 22.4 Å². The maximum absolute atomic E-state index is 13.6. The lowest BCUT2D eigenvalue weighted by molar-refractivity contribution is -0.114. The molecule has 0 radical (unpaired) electrons. The van der Waals surface area contributed by atoms with Gasteiger partial charge in [-0.2, -0.15) is 5.26 Å². The summed E-state index contributed by atoms with van der Waals surface area (Å²) in [5.74, 6) is -2.85. The van der Waals surface area contributed by atoms with Gasteiger partial charge in [0.25, 0.3) is 5.91 Å². The molecule has 0 saturated carbocycles. The minimum absolute atomic E-state index is 0.146. The highest BCUT2D eigenvalue weighted by Crippen LogP contribution is 2.17. The zero-order valence-electron chi connectivity index (χ0n) is 13.6. The first-order valence-electron chi connectivity index (χ1n) is 7.32. The zero-order chi connectivity index (χ0) is 19.3. The molecule has 134 valence electrons. The minimum atomic E-state index is -4.09. The van der Waals surface area contributed by atoms with Gasteiger partial charge in [-0.25, -0.2) is 17.5 Å². The maximum atomic E-state index is 13.6. The number of nitriles is 1. The molecule has 0 saturated heterocycles. The SMILES string of the molecule is CC(=O)Nc1cc(C(=O)NS(=O)(=O)Cc2ccccc2C#N)ccc1F. The molecular formula is C17H14FN3O4S. The summed E-state index contributed by atoms with van der Waals surface area (Å²) in [4.78, 5) is 23.2. The summed E-state index contributed by atoms with van der Waals surface area (Å²) < 4.78 is 39.9. The van der Waals surface area contributed by atoms with Crippen molar-refractivity contribution in [3.05, 3.63) is 65.0 Å². The summed E-state index contributed by atoms with van der Waals surface area (Å²) in [6, 6.07) is 11.0. The van der Waals surface area contributed by atoms with E-state index in [-0.39, 0.29) is 22.4 Å². The summed E-state index contributed by atoms with van der Waals surface area (Å²) in [7, 11) is -4.09. The first-order chi connectivity index (χ1) is 12.2. The van der Waals surface area contributed by atoms with E-state index < -0.39 is 33.4 Å². The molecule has 2 N–H and O–H groups in total. The Bertz CT molecular complexity index is 1010. The standard InChI is InChI=1S/C17H14FN3O4S/c1-11(22)20-16-8-12(6-7-15(16)18)17(23)21-26(24,25)10-14-5-3-2-4-13(14)9-19/h2-8H,10H2,1H3,(H,20,22)(H,21,23). The van der Waals surface area contributed by atoms with Crippen molar-refractivity contribution in [1.82, 2.24) is 4.72 Å². The molecule has 0 aliphatic heterocycles. The molecule has 0 atom stereocenters. The molecule has 26 heavy (non-hydrogen) atoms. The van der Waals surface area contributed by atoms with Crippen LogP contribution in [0.4, 0.5) is 10.1 Å². The summed E-state index contributed by atoms with van der Waals surface area (Å²) >= 11 is 0. The molecule has 7 nitrogen and oxygen atoms in total. The van der Waals surface area contributed by atoms with Gasteiger partial charge in [0.1, 0.15) is 5.82 Å². The largest absolute Gasteiger partial charge is 0.324 e. The first-order valence-corrected chi connectivity index (χ1v) is 8.97. The van der Waals surface area contributed by atoms with Crippen molar-refractivity contribution < 1.29 is 22.4 Å². The van der Waals surface area contributed by atoms with E-state index in [4.69, 9.17) is 5.26 Å². The number of benzene rings is 2. The molecule has 0 aromatic heterocycles. The van der Waals surface area contributed by atoms with Crippen molar-refractivity contribution in [2.45, 2.75) is 12.7 Å². The molecule has 9 heteroatoms. The molecule has 2 rings (SSSR count). The van der Waals surface area contributed by atoms with Crippen molar-refractivity contribution in [1.29, 1.82) is 5.26 Å². The van der Waals surface area contributed by atoms with E-state index in [1.54, 1.807) is 12.1 Å². The molecule has 0 fully saturated rings. The fourth-order valence-corrected chi connectivity index (χ4v) is 3.28. The van der Waals surface area contributed by atoms with Crippen LogP contribution >= 0.6 is 0 Å². The van der Waals surface area contributed by atoms with Crippen LogP contribution in [0.5, 0.6) is 0 Å². The molecule has 0 unspecified atom stereocenters. The molecule has 2 amide bonds. The monoisotopic (exact) mass is 375 g/mol. The Morgan fingerprint density at radius 2 is 1.88 bits per heavy atom. The van der Waals surface area contributed by atoms with Gasteiger partial charge >= 0.3 is 0 Å². The van der Waals surface area contributed by atoms with Gasteiger partial charge in [-0.3, -0.25) is 9.59 Å². The smallest absolute Gasteiger partial charge is 0.264 e. The predicted octanol–water partition coefficient (Wildman–Crippen LogP) is 1.92. The average Bonchev–Trinajstić information content (AvgIpc) is 2.56. The topological polar surface area (TPSA) is 116 Å². The molecule has 2 aromatic carbocycles. The van der Waals surface area contributed by atoms with Crippen molar-refractivity contribution >= 4 is 27.5 Å². The number of halogens is 1. The fraction of sp³-hybridized carbons (Fsp3) is 0.118. The van der Waals surface area contributed by atoms with E-state index in [0.717, 1.165) is 18.2 Å². The van der Waals surface area contributed by atoms with Crippen molar-refractivity contribution in [2.24, 2.45) is 0 Å². The van der Waals surface area contributed by atoms with Crippen LogP contribution in [0.25, 0.3) is 0 Å². The second kappa shape index (κ2) is 7.76. The molecule has 0 spiro atoms. The molecule has 0 heterocycles. The molecule has 0 aliphatic carbocycles. The Hall–Kier alpha value is -3.25. The number of hydrogen-bond donors (Lipinski definition) is 2. The Morgan fingerprint density at radius 1 is 1.19 bits per heavy atom. The van der Waals surface area contributed by atoms with Crippen LogP contribution in [-0.2, 0) is 20.6 Å². The summed E-state index contributed by atoms with van der Waals surface area (Å²) in [5.41, 5.74) is 0.0399.